The van der Waals surface area contributed by atoms with Gasteiger partial charge in [0.05, 0.1) is 11.5 Å². The van der Waals surface area contributed by atoms with Crippen LogP contribution < -0.4 is 5.11 Å². The molecule has 0 unspecified atom stereocenters. The van der Waals surface area contributed by atoms with Crippen LogP contribution in [-0.4, -0.2) is 12.1 Å². The molecule has 0 saturated heterocycles. The van der Waals surface area contributed by atoms with Crippen molar-refractivity contribution in [2.24, 2.45) is 23.2 Å². The van der Waals surface area contributed by atoms with Gasteiger partial charge in [0.15, 0.2) is 0 Å². The van der Waals surface area contributed by atoms with Crippen molar-refractivity contribution in [3.8, 4) is 0 Å². The molecule has 4 saturated carbocycles. The molecule has 0 aromatic heterocycles. The van der Waals surface area contributed by atoms with Gasteiger partial charge in [-0.15, -0.1) is 0 Å². The average Bonchev–Trinajstić information content (AvgIpc) is 2.23. The zero-order valence-electron chi connectivity index (χ0n) is 11.4. The topological polar surface area (TPSA) is 40.1 Å². The summed E-state index contributed by atoms with van der Waals surface area (Å²) in [5, 5.41) is 11.0. The van der Waals surface area contributed by atoms with Crippen LogP contribution in [0.2, 0.25) is 0 Å². The Morgan fingerprint density at radius 1 is 1.05 bits per heavy atom. The van der Waals surface area contributed by atoms with E-state index in [0.29, 0.717) is 17.8 Å². The van der Waals surface area contributed by atoms with Crippen molar-refractivity contribution in [2.75, 3.05) is 0 Å². The maximum absolute atomic E-state index is 13.0. The van der Waals surface area contributed by atoms with Crippen LogP contribution in [-0.2, 0) is 4.79 Å². The normalized spacial score (nSPS) is 40.7. The van der Waals surface area contributed by atoms with Crippen molar-refractivity contribution in [2.45, 2.75) is 51.6 Å². The third kappa shape index (κ3) is 2.06. The summed E-state index contributed by atoms with van der Waals surface area (Å²) >= 11 is 0. The number of carbonyl (C=O) groups excluding carboxylic acids is 1. The van der Waals surface area contributed by atoms with Gasteiger partial charge in [-0.05, 0) is 68.6 Å². The molecule has 4 fully saturated rings. The zero-order valence-corrected chi connectivity index (χ0v) is 11.4. The lowest BCUT2D eigenvalue weighted by molar-refractivity contribution is -0.304. The van der Waals surface area contributed by atoms with Crippen molar-refractivity contribution < 1.29 is 23.1 Å². The molecule has 2 nitrogen and oxygen atoms in total. The van der Waals surface area contributed by atoms with Crippen LogP contribution >= 0.6 is 0 Å². The third-order valence-corrected chi connectivity index (χ3v) is 5.70. The highest BCUT2D eigenvalue weighted by molar-refractivity contribution is 5.87. The number of aliphatic carboxylic acids is 1. The minimum Gasteiger partial charge on any atom is -0.545 e. The van der Waals surface area contributed by atoms with E-state index in [1.54, 1.807) is 0 Å². The number of rotatable bonds is 2. The fourth-order valence-corrected chi connectivity index (χ4v) is 5.32. The Hall–Kier alpha value is -1.00. The number of carbonyl (C=O) groups is 1. The SMILES string of the molecule is CC(=C(C(=O)[O-])C(F)(F)F)C12CC3CC(CC(C3)C1)C2. The molecule has 0 amide bonds. The number of allylic oxidation sites excluding steroid dienone is 1. The van der Waals surface area contributed by atoms with Crippen LogP contribution in [0.25, 0.3) is 0 Å². The molecule has 112 valence electrons. The Balaban J connectivity index is 2.04. The van der Waals surface area contributed by atoms with Crippen LogP contribution in [0, 0.1) is 23.2 Å². The van der Waals surface area contributed by atoms with Crippen molar-refractivity contribution in [1.29, 1.82) is 0 Å². The molecule has 0 aromatic rings. The molecular formula is C15H18F3O2-. The van der Waals surface area contributed by atoms with E-state index in [-0.39, 0.29) is 5.57 Å². The highest BCUT2D eigenvalue weighted by Crippen LogP contribution is 2.63. The van der Waals surface area contributed by atoms with E-state index in [4.69, 9.17) is 0 Å². The summed E-state index contributed by atoms with van der Waals surface area (Å²) in [6.45, 7) is 1.37. The number of hydrogen-bond donors (Lipinski definition) is 0. The van der Waals surface area contributed by atoms with Gasteiger partial charge in [-0.1, -0.05) is 5.57 Å². The average molecular weight is 287 g/mol. The number of alkyl halides is 3. The highest BCUT2D eigenvalue weighted by Gasteiger charge is 2.53. The van der Waals surface area contributed by atoms with Crippen LogP contribution in [0.3, 0.4) is 0 Å². The second-order valence-electron chi connectivity index (χ2n) is 6.98. The first kappa shape index (κ1) is 14.0. The molecule has 0 radical (unpaired) electrons. The van der Waals surface area contributed by atoms with Gasteiger partial charge >= 0.3 is 6.18 Å². The summed E-state index contributed by atoms with van der Waals surface area (Å²) in [5.41, 5.74) is -1.96. The minimum atomic E-state index is -4.83. The van der Waals surface area contributed by atoms with Crippen LogP contribution in [0.1, 0.15) is 45.4 Å². The van der Waals surface area contributed by atoms with Crippen LogP contribution in [0.5, 0.6) is 0 Å². The first-order valence-corrected chi connectivity index (χ1v) is 7.21. The van der Waals surface area contributed by atoms with E-state index in [1.807, 2.05) is 0 Å². The Labute approximate surface area is 116 Å². The van der Waals surface area contributed by atoms with Gasteiger partial charge in [-0.3, -0.25) is 0 Å². The Morgan fingerprint density at radius 3 is 1.75 bits per heavy atom. The molecule has 0 heterocycles. The molecule has 0 aromatic carbocycles. The molecule has 4 aliphatic rings. The molecular weight excluding hydrogens is 269 g/mol. The van der Waals surface area contributed by atoms with Crippen LogP contribution in [0.15, 0.2) is 11.1 Å². The largest absolute Gasteiger partial charge is 0.545 e. The summed E-state index contributed by atoms with van der Waals surface area (Å²) in [4.78, 5) is 11.0. The van der Waals surface area contributed by atoms with Gasteiger partial charge in [-0.2, -0.15) is 13.2 Å². The van der Waals surface area contributed by atoms with E-state index < -0.39 is 23.1 Å². The standard InChI is InChI=1S/C15H19F3O2/c1-8(12(13(19)20)15(16,17)18)14-5-9-2-10(6-14)4-11(3-9)7-14/h9-11H,2-7H2,1H3,(H,19,20)/p-1. The van der Waals surface area contributed by atoms with Crippen molar-refractivity contribution in [3.05, 3.63) is 11.1 Å². The molecule has 0 spiro atoms. The summed E-state index contributed by atoms with van der Waals surface area (Å²) < 4.78 is 39.1. The minimum absolute atomic E-state index is 0.0177. The first-order valence-electron chi connectivity index (χ1n) is 7.21. The second-order valence-corrected chi connectivity index (χ2v) is 6.98. The summed E-state index contributed by atoms with van der Waals surface area (Å²) in [6, 6.07) is 0. The highest BCUT2D eigenvalue weighted by atomic mass is 19.4. The fourth-order valence-electron chi connectivity index (χ4n) is 5.32. The van der Waals surface area contributed by atoms with E-state index in [9.17, 15) is 23.1 Å². The Bertz CT molecular complexity index is 441. The fraction of sp³-hybridized carbons (Fsp3) is 0.800. The lowest BCUT2D eigenvalue weighted by Gasteiger charge is -2.57. The molecule has 5 heteroatoms. The Morgan fingerprint density at radius 2 is 1.45 bits per heavy atom. The number of carboxylic acids is 1. The lowest BCUT2D eigenvalue weighted by Crippen LogP contribution is -2.48. The number of hydrogen-bond acceptors (Lipinski definition) is 2. The smallest absolute Gasteiger partial charge is 0.418 e. The summed E-state index contributed by atoms with van der Waals surface area (Å²) in [6.07, 6.45) is 0.664. The molecule has 4 aliphatic carbocycles. The summed E-state index contributed by atoms with van der Waals surface area (Å²) in [7, 11) is 0. The van der Waals surface area contributed by atoms with Gasteiger partial charge in [0.1, 0.15) is 0 Å². The van der Waals surface area contributed by atoms with Crippen LogP contribution in [0.4, 0.5) is 13.2 Å². The summed E-state index contributed by atoms with van der Waals surface area (Å²) in [5.74, 6) is -0.641. The molecule has 4 rings (SSSR count). The van der Waals surface area contributed by atoms with Crippen molar-refractivity contribution >= 4 is 5.97 Å². The maximum Gasteiger partial charge on any atom is 0.418 e. The first-order chi connectivity index (χ1) is 9.21. The number of halogens is 3. The van der Waals surface area contributed by atoms with E-state index >= 15 is 0 Å². The third-order valence-electron chi connectivity index (χ3n) is 5.70. The second kappa shape index (κ2) is 4.25. The van der Waals surface area contributed by atoms with Gasteiger partial charge < -0.3 is 9.90 Å². The Kier molecular flexibility index (Phi) is 2.96. The monoisotopic (exact) mass is 287 g/mol. The van der Waals surface area contributed by atoms with E-state index in [0.717, 1.165) is 38.5 Å². The van der Waals surface area contributed by atoms with Gasteiger partial charge in [0.25, 0.3) is 0 Å². The van der Waals surface area contributed by atoms with Gasteiger partial charge in [0, 0.05) is 0 Å². The molecule has 0 aliphatic heterocycles. The predicted molar refractivity (Wildman–Crippen MR) is 64.4 cm³/mol. The maximum atomic E-state index is 13.0. The van der Waals surface area contributed by atoms with E-state index in [2.05, 4.69) is 0 Å². The number of carboxylic acid groups (broad SMARTS) is 1. The van der Waals surface area contributed by atoms with Crippen molar-refractivity contribution in [1.82, 2.24) is 0 Å². The van der Waals surface area contributed by atoms with E-state index in [1.165, 1.54) is 6.92 Å². The predicted octanol–water partition coefficient (Wildman–Crippen LogP) is 2.83. The van der Waals surface area contributed by atoms with Gasteiger partial charge in [-0.25, -0.2) is 0 Å². The quantitative estimate of drug-likeness (QED) is 0.733. The van der Waals surface area contributed by atoms with Gasteiger partial charge in [0.2, 0.25) is 0 Å². The van der Waals surface area contributed by atoms with Crippen molar-refractivity contribution in [3.63, 3.8) is 0 Å². The molecule has 4 bridgehead atoms. The molecule has 20 heavy (non-hydrogen) atoms. The lowest BCUT2D eigenvalue weighted by atomic mass is 9.47. The zero-order chi connectivity index (χ0) is 14.7. The molecule has 0 N–H and O–H groups in total. The molecule has 0 atom stereocenters.